The Kier molecular flexibility index (Phi) is 10.9. The second-order valence-electron chi connectivity index (χ2n) is 8.59. The second kappa shape index (κ2) is 12.6. The van der Waals surface area contributed by atoms with E-state index in [9.17, 15) is 4.79 Å². The Bertz CT molecular complexity index is 527. The van der Waals surface area contributed by atoms with Crippen molar-refractivity contribution in [2.24, 2.45) is 10.9 Å². The number of nitrogens with one attached hydrogen (secondary N) is 2. The number of likely N-dealkylation sites (tertiary alicyclic amines) is 1. The van der Waals surface area contributed by atoms with Crippen LogP contribution in [0, 0.1) is 5.92 Å². The van der Waals surface area contributed by atoms with E-state index in [1.165, 1.54) is 56.7 Å². The van der Waals surface area contributed by atoms with Crippen molar-refractivity contribution in [3.8, 4) is 0 Å². The van der Waals surface area contributed by atoms with Gasteiger partial charge in [-0.2, -0.15) is 11.8 Å². The number of guanidine groups is 1. The SMILES string of the molecule is CN=C(NCC1(N2CCSCC2)CCCCC1)N1CCC(CC(=O)NC)CC1.I. The van der Waals surface area contributed by atoms with Crippen molar-refractivity contribution in [2.75, 3.05) is 58.3 Å². The number of hydrogen-bond donors (Lipinski definition) is 2. The van der Waals surface area contributed by atoms with Crippen LogP contribution in [-0.4, -0.2) is 85.5 Å². The summed E-state index contributed by atoms with van der Waals surface area (Å²) in [5.74, 6) is 4.27. The minimum Gasteiger partial charge on any atom is -0.359 e. The largest absolute Gasteiger partial charge is 0.359 e. The molecule has 0 bridgehead atoms. The van der Waals surface area contributed by atoms with Gasteiger partial charge in [-0.3, -0.25) is 14.7 Å². The summed E-state index contributed by atoms with van der Waals surface area (Å²) in [5, 5.41) is 6.52. The average molecular weight is 538 g/mol. The molecule has 29 heavy (non-hydrogen) atoms. The normalized spacial score (nSPS) is 23.9. The lowest BCUT2D eigenvalue weighted by Crippen LogP contribution is -2.60. The summed E-state index contributed by atoms with van der Waals surface area (Å²) in [4.78, 5) is 21.4. The van der Waals surface area contributed by atoms with Crippen molar-refractivity contribution < 1.29 is 4.79 Å². The van der Waals surface area contributed by atoms with Crippen LogP contribution in [0.25, 0.3) is 0 Å². The maximum absolute atomic E-state index is 11.6. The molecule has 0 unspecified atom stereocenters. The van der Waals surface area contributed by atoms with Gasteiger partial charge in [-0.15, -0.1) is 24.0 Å². The van der Waals surface area contributed by atoms with Crippen LogP contribution >= 0.6 is 35.7 Å². The summed E-state index contributed by atoms with van der Waals surface area (Å²) in [5.41, 5.74) is 0.312. The zero-order chi connectivity index (χ0) is 19.8. The minimum atomic E-state index is 0. The molecule has 0 aromatic heterocycles. The van der Waals surface area contributed by atoms with Gasteiger partial charge in [-0.05, 0) is 31.6 Å². The summed E-state index contributed by atoms with van der Waals surface area (Å²) >= 11 is 2.10. The molecule has 1 aliphatic carbocycles. The Hall–Kier alpha value is -0.220. The van der Waals surface area contributed by atoms with Crippen molar-refractivity contribution in [1.82, 2.24) is 20.4 Å². The first kappa shape index (κ1) is 25.0. The molecule has 6 nitrogen and oxygen atoms in total. The number of halogens is 1. The number of hydrogen-bond acceptors (Lipinski definition) is 4. The van der Waals surface area contributed by atoms with Crippen molar-refractivity contribution in [2.45, 2.75) is 56.9 Å². The van der Waals surface area contributed by atoms with Crippen LogP contribution < -0.4 is 10.6 Å². The number of aliphatic imine (C=N–C) groups is 1. The summed E-state index contributed by atoms with van der Waals surface area (Å²) in [6.07, 6.45) is 9.53. The van der Waals surface area contributed by atoms with Gasteiger partial charge in [0.25, 0.3) is 0 Å². The lowest BCUT2D eigenvalue weighted by Gasteiger charge is -2.48. The summed E-state index contributed by atoms with van der Waals surface area (Å²) in [7, 11) is 3.63. The predicted octanol–water partition coefficient (Wildman–Crippen LogP) is 2.78. The summed E-state index contributed by atoms with van der Waals surface area (Å²) in [6, 6.07) is 0. The van der Waals surface area contributed by atoms with Crippen molar-refractivity contribution in [1.29, 1.82) is 0 Å². The third kappa shape index (κ3) is 6.89. The number of amides is 1. The smallest absolute Gasteiger partial charge is 0.220 e. The lowest BCUT2D eigenvalue weighted by atomic mass is 9.80. The Morgan fingerprint density at radius 1 is 1.10 bits per heavy atom. The molecule has 2 heterocycles. The Labute approximate surface area is 198 Å². The third-order valence-electron chi connectivity index (χ3n) is 6.92. The van der Waals surface area contributed by atoms with Gasteiger partial charge < -0.3 is 15.5 Å². The number of piperidine rings is 1. The van der Waals surface area contributed by atoms with Crippen molar-refractivity contribution in [3.63, 3.8) is 0 Å². The number of carbonyl (C=O) groups is 1. The molecular weight excluding hydrogens is 497 g/mol. The molecule has 2 N–H and O–H groups in total. The first-order valence-corrected chi connectivity index (χ1v) is 12.3. The van der Waals surface area contributed by atoms with Crippen LogP contribution in [0.1, 0.15) is 51.4 Å². The van der Waals surface area contributed by atoms with Crippen LogP contribution in [0.15, 0.2) is 4.99 Å². The molecule has 0 aromatic carbocycles. The highest BCUT2D eigenvalue weighted by molar-refractivity contribution is 14.0. The van der Waals surface area contributed by atoms with Crippen LogP contribution in [0.2, 0.25) is 0 Å². The van der Waals surface area contributed by atoms with Crippen molar-refractivity contribution in [3.05, 3.63) is 0 Å². The standard InChI is InChI=1S/C21H39N5OS.HI/c1-22-19(27)16-18-6-10-25(11-7-18)20(23-2)24-17-21(8-4-3-5-9-21)26-12-14-28-15-13-26;/h18H,3-17H2,1-2H3,(H,22,27)(H,23,24);1H. The molecule has 1 saturated carbocycles. The van der Waals surface area contributed by atoms with Gasteiger partial charge in [0, 0.05) is 70.3 Å². The summed E-state index contributed by atoms with van der Waals surface area (Å²) in [6.45, 7) is 5.47. The Balaban J connectivity index is 0.00000300. The van der Waals surface area contributed by atoms with E-state index in [4.69, 9.17) is 0 Å². The van der Waals surface area contributed by atoms with Gasteiger partial charge in [-0.1, -0.05) is 19.3 Å². The fourth-order valence-corrected chi connectivity index (χ4v) is 6.04. The number of rotatable bonds is 5. The highest BCUT2D eigenvalue weighted by Crippen LogP contribution is 2.35. The Morgan fingerprint density at radius 2 is 1.76 bits per heavy atom. The fraction of sp³-hybridized carbons (Fsp3) is 0.905. The molecule has 168 valence electrons. The highest BCUT2D eigenvalue weighted by Gasteiger charge is 2.38. The highest BCUT2D eigenvalue weighted by atomic mass is 127. The molecule has 0 radical (unpaired) electrons. The molecule has 3 aliphatic rings. The first-order chi connectivity index (χ1) is 13.7. The van der Waals surface area contributed by atoms with Gasteiger partial charge in [-0.25, -0.2) is 0 Å². The molecular formula is C21H40IN5OS. The Morgan fingerprint density at radius 3 is 2.34 bits per heavy atom. The van der Waals surface area contributed by atoms with Crippen LogP contribution in [0.3, 0.4) is 0 Å². The predicted molar refractivity (Wildman–Crippen MR) is 134 cm³/mol. The molecule has 0 spiro atoms. The minimum absolute atomic E-state index is 0. The quantitative estimate of drug-likeness (QED) is 0.321. The maximum atomic E-state index is 11.6. The molecule has 8 heteroatoms. The molecule has 3 fully saturated rings. The first-order valence-electron chi connectivity index (χ1n) is 11.2. The van der Waals surface area contributed by atoms with E-state index in [1.807, 2.05) is 7.05 Å². The van der Waals surface area contributed by atoms with E-state index >= 15 is 0 Å². The van der Waals surface area contributed by atoms with Crippen LogP contribution in [0.5, 0.6) is 0 Å². The lowest BCUT2D eigenvalue weighted by molar-refractivity contribution is -0.121. The fourth-order valence-electron chi connectivity index (χ4n) is 5.14. The van der Waals surface area contributed by atoms with Gasteiger partial charge in [0.1, 0.15) is 0 Å². The second-order valence-corrected chi connectivity index (χ2v) is 9.82. The molecule has 1 amide bonds. The number of nitrogens with zero attached hydrogens (tertiary/aromatic N) is 3. The van der Waals surface area contributed by atoms with Crippen LogP contribution in [-0.2, 0) is 4.79 Å². The van der Waals surface area contributed by atoms with E-state index in [0.717, 1.165) is 38.4 Å². The van der Waals surface area contributed by atoms with Gasteiger partial charge in [0.05, 0.1) is 0 Å². The number of thioether (sulfide) groups is 1. The van der Waals surface area contributed by atoms with E-state index in [2.05, 4.69) is 37.2 Å². The van der Waals surface area contributed by atoms with Crippen molar-refractivity contribution >= 4 is 47.6 Å². The van der Waals surface area contributed by atoms with Gasteiger partial charge >= 0.3 is 0 Å². The van der Waals surface area contributed by atoms with E-state index in [0.29, 0.717) is 17.9 Å². The molecule has 2 saturated heterocycles. The van der Waals surface area contributed by atoms with E-state index in [1.54, 1.807) is 7.05 Å². The van der Waals surface area contributed by atoms with Gasteiger partial charge in [0.15, 0.2) is 5.96 Å². The topological polar surface area (TPSA) is 60.0 Å². The zero-order valence-corrected chi connectivity index (χ0v) is 21.4. The maximum Gasteiger partial charge on any atom is 0.220 e. The monoisotopic (exact) mass is 537 g/mol. The molecule has 2 aliphatic heterocycles. The van der Waals surface area contributed by atoms with Crippen LogP contribution in [0.4, 0.5) is 0 Å². The zero-order valence-electron chi connectivity index (χ0n) is 18.3. The van der Waals surface area contributed by atoms with E-state index in [-0.39, 0.29) is 29.9 Å². The van der Waals surface area contributed by atoms with Gasteiger partial charge in [0.2, 0.25) is 5.91 Å². The third-order valence-corrected chi connectivity index (χ3v) is 7.86. The molecule has 0 atom stereocenters. The van der Waals surface area contributed by atoms with E-state index < -0.39 is 0 Å². The molecule has 0 aromatic rings. The number of carbonyl (C=O) groups excluding carboxylic acids is 1. The average Bonchev–Trinajstić information content (AvgIpc) is 2.76. The molecule has 3 rings (SSSR count). The summed E-state index contributed by atoms with van der Waals surface area (Å²) < 4.78 is 0.